The highest BCUT2D eigenvalue weighted by Crippen LogP contribution is 2.32. The number of aromatic nitrogens is 3. The Hall–Kier alpha value is -2.68. The van der Waals surface area contributed by atoms with Crippen LogP contribution in [0.4, 0.5) is 5.69 Å². The standard InChI is InChI=1S/C17H21N5O/c1-11(2)13-6-5-7-14(12(3)4)17(13)20-16(23)9-22-10-19-21-15(22)8-18/h5-7,10-12H,9H2,1-4H3,(H,20,23). The molecule has 0 atom stereocenters. The second-order valence-electron chi connectivity index (χ2n) is 6.06. The minimum absolute atomic E-state index is 0.0137. The van der Waals surface area contributed by atoms with Gasteiger partial charge in [0, 0.05) is 5.69 Å². The molecule has 0 aliphatic heterocycles. The third-order valence-corrected chi connectivity index (χ3v) is 3.67. The zero-order chi connectivity index (χ0) is 17.0. The number of rotatable bonds is 5. The van der Waals surface area contributed by atoms with Crippen LogP contribution in [-0.2, 0) is 11.3 Å². The van der Waals surface area contributed by atoms with Gasteiger partial charge in [0.1, 0.15) is 18.9 Å². The number of nitriles is 1. The summed E-state index contributed by atoms with van der Waals surface area (Å²) in [5.41, 5.74) is 3.08. The van der Waals surface area contributed by atoms with Crippen molar-refractivity contribution in [3.8, 4) is 6.07 Å². The van der Waals surface area contributed by atoms with Crippen LogP contribution in [0.5, 0.6) is 0 Å². The van der Waals surface area contributed by atoms with Crippen molar-refractivity contribution in [3.05, 3.63) is 41.5 Å². The molecule has 6 heteroatoms. The monoisotopic (exact) mass is 311 g/mol. The molecule has 0 unspecified atom stereocenters. The van der Waals surface area contributed by atoms with Crippen molar-refractivity contribution in [2.45, 2.75) is 46.1 Å². The molecular formula is C17H21N5O. The number of carbonyl (C=O) groups excluding carboxylic acids is 1. The maximum absolute atomic E-state index is 12.4. The van der Waals surface area contributed by atoms with Gasteiger partial charge in [-0.25, -0.2) is 0 Å². The van der Waals surface area contributed by atoms with Gasteiger partial charge in [-0.2, -0.15) is 5.26 Å². The molecule has 120 valence electrons. The van der Waals surface area contributed by atoms with Crippen LogP contribution in [0.15, 0.2) is 24.5 Å². The van der Waals surface area contributed by atoms with Crippen LogP contribution in [0, 0.1) is 11.3 Å². The van der Waals surface area contributed by atoms with Crippen LogP contribution in [-0.4, -0.2) is 20.7 Å². The summed E-state index contributed by atoms with van der Waals surface area (Å²) >= 11 is 0. The van der Waals surface area contributed by atoms with Gasteiger partial charge in [0.05, 0.1) is 0 Å². The first-order chi connectivity index (χ1) is 10.9. The number of nitrogens with one attached hydrogen (secondary N) is 1. The molecule has 1 N–H and O–H groups in total. The van der Waals surface area contributed by atoms with E-state index < -0.39 is 0 Å². The number of amides is 1. The van der Waals surface area contributed by atoms with Crippen LogP contribution >= 0.6 is 0 Å². The van der Waals surface area contributed by atoms with Crippen LogP contribution in [0.1, 0.15) is 56.5 Å². The summed E-state index contributed by atoms with van der Waals surface area (Å²) in [5, 5.41) is 19.3. The normalized spacial score (nSPS) is 10.8. The molecule has 0 saturated carbocycles. The van der Waals surface area contributed by atoms with Gasteiger partial charge in [-0.3, -0.25) is 9.36 Å². The van der Waals surface area contributed by atoms with Gasteiger partial charge >= 0.3 is 0 Å². The molecule has 0 saturated heterocycles. The third kappa shape index (κ3) is 3.75. The molecule has 0 spiro atoms. The van der Waals surface area contributed by atoms with Gasteiger partial charge in [-0.1, -0.05) is 45.9 Å². The van der Waals surface area contributed by atoms with E-state index in [9.17, 15) is 4.79 Å². The molecule has 1 aromatic heterocycles. The molecule has 0 aliphatic carbocycles. The topological polar surface area (TPSA) is 83.6 Å². The summed E-state index contributed by atoms with van der Waals surface area (Å²) in [6.07, 6.45) is 1.38. The Morgan fingerprint density at radius 1 is 1.26 bits per heavy atom. The fourth-order valence-electron chi connectivity index (χ4n) is 2.49. The van der Waals surface area contributed by atoms with E-state index >= 15 is 0 Å². The lowest BCUT2D eigenvalue weighted by atomic mass is 9.92. The summed E-state index contributed by atoms with van der Waals surface area (Å²) in [6, 6.07) is 8.00. The first-order valence-corrected chi connectivity index (χ1v) is 7.64. The number of hydrogen-bond acceptors (Lipinski definition) is 4. The Morgan fingerprint density at radius 2 is 1.87 bits per heavy atom. The van der Waals surface area contributed by atoms with E-state index in [1.807, 2.05) is 24.3 Å². The summed E-state index contributed by atoms with van der Waals surface area (Å²) in [4.78, 5) is 12.4. The minimum Gasteiger partial charge on any atom is -0.324 e. The Labute approximate surface area is 136 Å². The zero-order valence-electron chi connectivity index (χ0n) is 13.9. The molecule has 6 nitrogen and oxygen atoms in total. The maximum atomic E-state index is 12.4. The SMILES string of the molecule is CC(C)c1cccc(C(C)C)c1NC(=O)Cn1cnnc1C#N. The van der Waals surface area contributed by atoms with E-state index in [0.29, 0.717) is 11.8 Å². The number of benzene rings is 1. The van der Waals surface area contributed by atoms with Gasteiger partial charge in [-0.15, -0.1) is 10.2 Å². The van der Waals surface area contributed by atoms with Crippen LogP contribution < -0.4 is 5.32 Å². The molecule has 2 aromatic rings. The summed E-state index contributed by atoms with van der Waals surface area (Å²) < 4.78 is 1.43. The molecule has 1 amide bonds. The van der Waals surface area contributed by atoms with Crippen molar-refractivity contribution in [1.29, 1.82) is 5.26 Å². The quantitative estimate of drug-likeness (QED) is 0.920. The van der Waals surface area contributed by atoms with Crippen molar-refractivity contribution in [2.24, 2.45) is 0 Å². The Kier molecular flexibility index (Phi) is 5.12. The van der Waals surface area contributed by atoms with E-state index in [4.69, 9.17) is 5.26 Å². The maximum Gasteiger partial charge on any atom is 0.244 e. The van der Waals surface area contributed by atoms with Crippen molar-refractivity contribution in [2.75, 3.05) is 5.32 Å². The second-order valence-corrected chi connectivity index (χ2v) is 6.06. The lowest BCUT2D eigenvalue weighted by molar-refractivity contribution is -0.116. The molecule has 1 heterocycles. The fourth-order valence-corrected chi connectivity index (χ4v) is 2.49. The van der Waals surface area contributed by atoms with Gasteiger partial charge < -0.3 is 5.32 Å². The number of anilines is 1. The van der Waals surface area contributed by atoms with Crippen molar-refractivity contribution in [1.82, 2.24) is 14.8 Å². The predicted molar refractivity (Wildman–Crippen MR) is 88.0 cm³/mol. The van der Waals surface area contributed by atoms with Crippen LogP contribution in [0.25, 0.3) is 0 Å². The first kappa shape index (κ1) is 16.7. The van der Waals surface area contributed by atoms with E-state index in [0.717, 1.165) is 16.8 Å². The van der Waals surface area contributed by atoms with Crippen LogP contribution in [0.2, 0.25) is 0 Å². The van der Waals surface area contributed by atoms with Crippen molar-refractivity contribution < 1.29 is 4.79 Å². The number of nitrogens with zero attached hydrogens (tertiary/aromatic N) is 4. The van der Waals surface area contributed by atoms with Crippen molar-refractivity contribution >= 4 is 11.6 Å². The number of hydrogen-bond donors (Lipinski definition) is 1. The molecular weight excluding hydrogens is 290 g/mol. The molecule has 23 heavy (non-hydrogen) atoms. The Balaban J connectivity index is 2.28. The van der Waals surface area contributed by atoms with Gasteiger partial charge in [0.25, 0.3) is 0 Å². The second kappa shape index (κ2) is 7.05. The zero-order valence-corrected chi connectivity index (χ0v) is 13.9. The molecule has 1 aromatic carbocycles. The average molecular weight is 311 g/mol. The molecule has 0 bridgehead atoms. The van der Waals surface area contributed by atoms with E-state index in [2.05, 4.69) is 43.2 Å². The predicted octanol–water partition coefficient (Wildman–Crippen LogP) is 3.04. The minimum atomic E-state index is -0.198. The van der Waals surface area contributed by atoms with E-state index in [1.54, 1.807) is 0 Å². The van der Waals surface area contributed by atoms with E-state index in [-0.39, 0.29) is 18.3 Å². The van der Waals surface area contributed by atoms with Crippen molar-refractivity contribution in [3.63, 3.8) is 0 Å². The lowest BCUT2D eigenvalue weighted by Crippen LogP contribution is -2.21. The Morgan fingerprint density at radius 3 is 2.39 bits per heavy atom. The average Bonchev–Trinajstić information content (AvgIpc) is 2.93. The third-order valence-electron chi connectivity index (χ3n) is 3.67. The highest BCUT2D eigenvalue weighted by Gasteiger charge is 2.16. The Bertz CT molecular complexity index is 713. The molecule has 0 aliphatic rings. The van der Waals surface area contributed by atoms with Gasteiger partial charge in [0.15, 0.2) is 0 Å². The smallest absolute Gasteiger partial charge is 0.244 e. The summed E-state index contributed by atoms with van der Waals surface area (Å²) in [5.74, 6) is 0.528. The molecule has 0 radical (unpaired) electrons. The molecule has 2 rings (SSSR count). The first-order valence-electron chi connectivity index (χ1n) is 7.64. The molecule has 0 fully saturated rings. The van der Waals surface area contributed by atoms with Crippen LogP contribution in [0.3, 0.4) is 0 Å². The van der Waals surface area contributed by atoms with Gasteiger partial charge in [-0.05, 0) is 23.0 Å². The summed E-state index contributed by atoms with van der Waals surface area (Å²) in [6.45, 7) is 8.41. The largest absolute Gasteiger partial charge is 0.324 e. The summed E-state index contributed by atoms with van der Waals surface area (Å²) in [7, 11) is 0. The number of para-hydroxylation sites is 1. The lowest BCUT2D eigenvalue weighted by Gasteiger charge is -2.20. The number of carbonyl (C=O) groups is 1. The van der Waals surface area contributed by atoms with Gasteiger partial charge in [0.2, 0.25) is 11.7 Å². The highest BCUT2D eigenvalue weighted by molar-refractivity contribution is 5.92. The van der Waals surface area contributed by atoms with E-state index in [1.165, 1.54) is 10.9 Å². The highest BCUT2D eigenvalue weighted by atomic mass is 16.2. The fraction of sp³-hybridized carbons (Fsp3) is 0.412.